The van der Waals surface area contributed by atoms with Crippen molar-refractivity contribution in [1.82, 2.24) is 9.88 Å². The van der Waals surface area contributed by atoms with Gasteiger partial charge in [0.05, 0.1) is 11.8 Å². The first-order valence-corrected chi connectivity index (χ1v) is 7.24. The minimum absolute atomic E-state index is 0.248. The van der Waals surface area contributed by atoms with E-state index in [0.29, 0.717) is 19.0 Å². The second-order valence-electron chi connectivity index (χ2n) is 5.56. The van der Waals surface area contributed by atoms with Gasteiger partial charge in [0, 0.05) is 18.7 Å². The SMILES string of the molecule is Cc1oc(-c2ccc(F)cc2)nc1CN1CCC[C@H](O)C1. The predicted octanol–water partition coefficient (Wildman–Crippen LogP) is 2.75. The number of rotatable bonds is 3. The molecular weight excluding hydrogens is 271 g/mol. The number of aliphatic hydroxyl groups is 1. The van der Waals surface area contributed by atoms with Crippen molar-refractivity contribution in [2.24, 2.45) is 0 Å². The Kier molecular flexibility index (Phi) is 4.03. The zero-order valence-corrected chi connectivity index (χ0v) is 12.1. The normalized spacial score (nSPS) is 19.9. The average molecular weight is 290 g/mol. The highest BCUT2D eigenvalue weighted by molar-refractivity contribution is 5.53. The molecule has 21 heavy (non-hydrogen) atoms. The molecule has 1 atom stereocenters. The fourth-order valence-corrected chi connectivity index (χ4v) is 2.68. The van der Waals surface area contributed by atoms with Gasteiger partial charge < -0.3 is 9.52 Å². The smallest absolute Gasteiger partial charge is 0.226 e. The maximum atomic E-state index is 13.0. The molecule has 0 saturated carbocycles. The third-order valence-electron chi connectivity index (χ3n) is 3.84. The van der Waals surface area contributed by atoms with E-state index in [2.05, 4.69) is 9.88 Å². The number of oxazole rings is 1. The Labute approximate surface area is 123 Å². The highest BCUT2D eigenvalue weighted by Crippen LogP contribution is 2.23. The van der Waals surface area contributed by atoms with E-state index in [1.807, 2.05) is 6.92 Å². The number of β-amino-alcohol motifs (C(OH)–C–C–N with tert-alkyl or cyclic N) is 1. The number of aromatic nitrogens is 1. The third kappa shape index (κ3) is 3.31. The first-order chi connectivity index (χ1) is 10.1. The zero-order valence-electron chi connectivity index (χ0n) is 12.1. The lowest BCUT2D eigenvalue weighted by molar-refractivity contribution is 0.0660. The number of hydrogen-bond acceptors (Lipinski definition) is 4. The minimum atomic E-state index is -0.274. The van der Waals surface area contributed by atoms with Gasteiger partial charge in [-0.05, 0) is 50.6 Å². The zero-order chi connectivity index (χ0) is 14.8. The van der Waals surface area contributed by atoms with Crippen LogP contribution in [-0.2, 0) is 6.54 Å². The molecule has 1 saturated heterocycles. The maximum absolute atomic E-state index is 13.0. The molecule has 1 aromatic heterocycles. The van der Waals surface area contributed by atoms with Crippen molar-refractivity contribution >= 4 is 0 Å². The van der Waals surface area contributed by atoms with Gasteiger partial charge >= 0.3 is 0 Å². The summed E-state index contributed by atoms with van der Waals surface area (Å²) in [6.45, 7) is 4.21. The number of piperidine rings is 1. The molecule has 1 fully saturated rings. The molecule has 1 aliphatic rings. The second kappa shape index (κ2) is 5.95. The van der Waals surface area contributed by atoms with Crippen molar-refractivity contribution in [2.45, 2.75) is 32.4 Å². The third-order valence-corrected chi connectivity index (χ3v) is 3.84. The molecule has 3 rings (SSSR count). The van der Waals surface area contributed by atoms with Crippen molar-refractivity contribution < 1.29 is 13.9 Å². The molecule has 1 aliphatic heterocycles. The quantitative estimate of drug-likeness (QED) is 0.944. The van der Waals surface area contributed by atoms with Crippen molar-refractivity contribution in [1.29, 1.82) is 0 Å². The van der Waals surface area contributed by atoms with Crippen LogP contribution in [0.3, 0.4) is 0 Å². The number of benzene rings is 1. The first kappa shape index (κ1) is 14.2. The summed E-state index contributed by atoms with van der Waals surface area (Å²) in [5.41, 5.74) is 1.65. The minimum Gasteiger partial charge on any atom is -0.441 e. The Morgan fingerprint density at radius 2 is 2.14 bits per heavy atom. The molecule has 2 aromatic rings. The fourth-order valence-electron chi connectivity index (χ4n) is 2.68. The lowest BCUT2D eigenvalue weighted by atomic mass is 10.1. The highest BCUT2D eigenvalue weighted by Gasteiger charge is 2.20. The van der Waals surface area contributed by atoms with Crippen LogP contribution in [0, 0.1) is 12.7 Å². The summed E-state index contributed by atoms with van der Waals surface area (Å²) in [5.74, 6) is 1.01. The first-order valence-electron chi connectivity index (χ1n) is 7.24. The van der Waals surface area contributed by atoms with Gasteiger partial charge in [0.2, 0.25) is 5.89 Å². The van der Waals surface area contributed by atoms with E-state index < -0.39 is 0 Å². The summed E-state index contributed by atoms with van der Waals surface area (Å²) in [7, 11) is 0. The van der Waals surface area contributed by atoms with E-state index in [-0.39, 0.29) is 11.9 Å². The summed E-state index contributed by atoms with van der Waals surface area (Å²) in [6.07, 6.45) is 1.63. The summed E-state index contributed by atoms with van der Waals surface area (Å²) in [6, 6.07) is 6.12. The Morgan fingerprint density at radius 1 is 1.38 bits per heavy atom. The molecule has 0 radical (unpaired) electrons. The van der Waals surface area contributed by atoms with Crippen LogP contribution in [0.2, 0.25) is 0 Å². The van der Waals surface area contributed by atoms with Crippen LogP contribution in [0.4, 0.5) is 4.39 Å². The summed E-state index contributed by atoms with van der Waals surface area (Å²) < 4.78 is 18.6. The van der Waals surface area contributed by atoms with Crippen LogP contribution in [0.5, 0.6) is 0 Å². The van der Waals surface area contributed by atoms with Crippen LogP contribution in [0.25, 0.3) is 11.5 Å². The number of nitrogens with zero attached hydrogens (tertiary/aromatic N) is 2. The van der Waals surface area contributed by atoms with Crippen LogP contribution < -0.4 is 0 Å². The fraction of sp³-hybridized carbons (Fsp3) is 0.438. The van der Waals surface area contributed by atoms with Crippen molar-refractivity contribution in [3.8, 4) is 11.5 Å². The molecule has 5 heteroatoms. The second-order valence-corrected chi connectivity index (χ2v) is 5.56. The maximum Gasteiger partial charge on any atom is 0.226 e. The molecule has 1 aromatic carbocycles. The highest BCUT2D eigenvalue weighted by atomic mass is 19.1. The standard InChI is InChI=1S/C16H19FN2O2/c1-11-15(10-19-8-2-3-14(20)9-19)18-16(21-11)12-4-6-13(17)7-5-12/h4-7,14,20H,2-3,8-10H2,1H3/t14-/m0/s1. The van der Waals surface area contributed by atoms with Gasteiger partial charge in [-0.2, -0.15) is 0 Å². The van der Waals surface area contributed by atoms with Crippen LogP contribution in [0.15, 0.2) is 28.7 Å². The van der Waals surface area contributed by atoms with Crippen molar-refractivity contribution in [3.05, 3.63) is 41.5 Å². The van der Waals surface area contributed by atoms with E-state index >= 15 is 0 Å². The number of likely N-dealkylation sites (tertiary alicyclic amines) is 1. The number of aliphatic hydroxyl groups excluding tert-OH is 1. The summed E-state index contributed by atoms with van der Waals surface area (Å²) >= 11 is 0. The van der Waals surface area contributed by atoms with E-state index in [0.717, 1.165) is 36.4 Å². The monoisotopic (exact) mass is 290 g/mol. The van der Waals surface area contributed by atoms with Crippen molar-refractivity contribution in [3.63, 3.8) is 0 Å². The Morgan fingerprint density at radius 3 is 2.86 bits per heavy atom. The molecule has 0 spiro atoms. The lowest BCUT2D eigenvalue weighted by Crippen LogP contribution is -2.37. The summed E-state index contributed by atoms with van der Waals surface area (Å²) in [4.78, 5) is 6.70. The molecule has 1 N–H and O–H groups in total. The van der Waals surface area contributed by atoms with Gasteiger partial charge in [-0.15, -0.1) is 0 Å². The van der Waals surface area contributed by atoms with Crippen molar-refractivity contribution in [2.75, 3.05) is 13.1 Å². The average Bonchev–Trinajstić information content (AvgIpc) is 2.81. The molecule has 0 bridgehead atoms. The van der Waals surface area contributed by atoms with Crippen LogP contribution in [-0.4, -0.2) is 34.2 Å². The van der Waals surface area contributed by atoms with Gasteiger partial charge in [0.25, 0.3) is 0 Å². The topological polar surface area (TPSA) is 49.5 Å². The Bertz CT molecular complexity index is 609. The molecular formula is C16H19FN2O2. The van der Waals surface area contributed by atoms with E-state index in [1.54, 1.807) is 12.1 Å². The number of aryl methyl sites for hydroxylation is 1. The molecule has 2 heterocycles. The Balaban J connectivity index is 1.76. The predicted molar refractivity (Wildman–Crippen MR) is 77.2 cm³/mol. The molecule has 0 aliphatic carbocycles. The van der Waals surface area contributed by atoms with Gasteiger partial charge in [0.15, 0.2) is 0 Å². The van der Waals surface area contributed by atoms with Gasteiger partial charge in [0.1, 0.15) is 11.6 Å². The van der Waals surface area contributed by atoms with E-state index in [1.165, 1.54) is 12.1 Å². The molecule has 112 valence electrons. The largest absolute Gasteiger partial charge is 0.441 e. The Hall–Kier alpha value is -1.72. The van der Waals surface area contributed by atoms with E-state index in [4.69, 9.17) is 4.42 Å². The van der Waals surface area contributed by atoms with Gasteiger partial charge in [-0.25, -0.2) is 9.37 Å². The number of halogens is 1. The number of hydrogen-bond donors (Lipinski definition) is 1. The van der Waals surface area contributed by atoms with Gasteiger partial charge in [-0.1, -0.05) is 0 Å². The molecule has 4 nitrogen and oxygen atoms in total. The van der Waals surface area contributed by atoms with E-state index in [9.17, 15) is 9.50 Å². The molecule has 0 unspecified atom stereocenters. The van der Waals surface area contributed by atoms with Crippen LogP contribution in [0.1, 0.15) is 24.3 Å². The lowest BCUT2D eigenvalue weighted by Gasteiger charge is -2.29. The van der Waals surface area contributed by atoms with Crippen LogP contribution >= 0.6 is 0 Å². The summed E-state index contributed by atoms with van der Waals surface area (Å²) in [5, 5.41) is 9.72. The molecule has 0 amide bonds. The van der Waals surface area contributed by atoms with Gasteiger partial charge in [-0.3, -0.25) is 4.90 Å².